The average molecular weight is 374 g/mol. The van der Waals surface area contributed by atoms with Crippen molar-refractivity contribution in [1.29, 1.82) is 0 Å². The number of rotatable bonds is 3. The van der Waals surface area contributed by atoms with Gasteiger partial charge < -0.3 is 10.2 Å². The highest BCUT2D eigenvalue weighted by Crippen LogP contribution is 2.33. The number of anilines is 1. The molecule has 0 bridgehead atoms. The summed E-state index contributed by atoms with van der Waals surface area (Å²) in [7, 11) is 0. The first-order chi connectivity index (χ1) is 13.1. The molecular weight excluding hydrogens is 347 g/mol. The molecule has 2 heterocycles. The van der Waals surface area contributed by atoms with E-state index in [9.17, 15) is 14.0 Å². The summed E-state index contributed by atoms with van der Waals surface area (Å²) in [6.07, 6.45) is 5.72. The SMILES string of the molecule is O=C1NC2(CCCCCC2)C(=O)N1CN1CCN(c2ccccc2F)CC1. The molecule has 1 saturated carbocycles. The van der Waals surface area contributed by atoms with Crippen molar-refractivity contribution in [3.63, 3.8) is 0 Å². The van der Waals surface area contributed by atoms with Crippen molar-refractivity contribution in [2.24, 2.45) is 0 Å². The zero-order valence-corrected chi connectivity index (χ0v) is 15.6. The molecule has 1 aliphatic carbocycles. The van der Waals surface area contributed by atoms with Crippen molar-refractivity contribution in [3.05, 3.63) is 30.1 Å². The van der Waals surface area contributed by atoms with Crippen LogP contribution in [0.15, 0.2) is 24.3 Å². The van der Waals surface area contributed by atoms with Gasteiger partial charge in [-0.05, 0) is 25.0 Å². The Balaban J connectivity index is 1.37. The lowest BCUT2D eigenvalue weighted by Crippen LogP contribution is -2.52. The number of carbonyl (C=O) groups is 2. The summed E-state index contributed by atoms with van der Waals surface area (Å²) in [5, 5.41) is 2.99. The molecule has 7 heteroatoms. The fourth-order valence-corrected chi connectivity index (χ4v) is 4.51. The van der Waals surface area contributed by atoms with Gasteiger partial charge in [0.15, 0.2) is 0 Å². The van der Waals surface area contributed by atoms with Gasteiger partial charge in [-0.25, -0.2) is 14.1 Å². The van der Waals surface area contributed by atoms with E-state index in [1.165, 1.54) is 11.0 Å². The Hall–Kier alpha value is -2.15. The number of para-hydroxylation sites is 1. The van der Waals surface area contributed by atoms with Crippen LogP contribution >= 0.6 is 0 Å². The minimum Gasteiger partial charge on any atom is -0.367 e. The number of nitrogens with zero attached hydrogens (tertiary/aromatic N) is 3. The Labute approximate surface area is 159 Å². The van der Waals surface area contributed by atoms with Crippen LogP contribution in [0, 0.1) is 5.82 Å². The van der Waals surface area contributed by atoms with Crippen molar-refractivity contribution < 1.29 is 14.0 Å². The lowest BCUT2D eigenvalue weighted by atomic mass is 9.90. The summed E-state index contributed by atoms with van der Waals surface area (Å²) in [6.45, 7) is 3.06. The van der Waals surface area contributed by atoms with Gasteiger partial charge >= 0.3 is 6.03 Å². The van der Waals surface area contributed by atoms with Crippen molar-refractivity contribution >= 4 is 17.6 Å². The third-order valence-electron chi connectivity index (χ3n) is 6.11. The fourth-order valence-electron chi connectivity index (χ4n) is 4.51. The lowest BCUT2D eigenvalue weighted by Gasteiger charge is -2.37. The second-order valence-electron chi connectivity index (χ2n) is 7.86. The molecule has 4 rings (SSSR count). The second-order valence-corrected chi connectivity index (χ2v) is 7.86. The summed E-state index contributed by atoms with van der Waals surface area (Å²) in [6, 6.07) is 6.53. The van der Waals surface area contributed by atoms with Crippen molar-refractivity contribution in [2.45, 2.75) is 44.1 Å². The van der Waals surface area contributed by atoms with Gasteiger partial charge in [0.1, 0.15) is 11.4 Å². The number of hydrogen-bond acceptors (Lipinski definition) is 4. The number of nitrogens with one attached hydrogen (secondary N) is 1. The summed E-state index contributed by atoms with van der Waals surface area (Å²) in [4.78, 5) is 31.0. The maximum atomic E-state index is 14.0. The standard InChI is InChI=1S/C20H27FN4O2/c21-16-7-3-4-8-17(16)24-13-11-23(12-14-24)15-25-18(26)20(22-19(25)27)9-5-1-2-6-10-20/h3-4,7-8H,1-2,5-6,9-15H2,(H,22,27). The van der Waals surface area contributed by atoms with Crippen LogP contribution in [-0.4, -0.2) is 60.1 Å². The molecule has 1 spiro atoms. The predicted molar refractivity (Wildman–Crippen MR) is 101 cm³/mol. The van der Waals surface area contributed by atoms with E-state index >= 15 is 0 Å². The molecule has 0 unspecified atom stereocenters. The van der Waals surface area contributed by atoms with Gasteiger partial charge in [0.2, 0.25) is 0 Å². The smallest absolute Gasteiger partial charge is 0.326 e. The van der Waals surface area contributed by atoms with E-state index in [0.717, 1.165) is 38.5 Å². The average Bonchev–Trinajstić information content (AvgIpc) is 2.84. The van der Waals surface area contributed by atoms with E-state index in [1.54, 1.807) is 12.1 Å². The first-order valence-electron chi connectivity index (χ1n) is 9.95. The topological polar surface area (TPSA) is 55.9 Å². The maximum absolute atomic E-state index is 14.0. The Morgan fingerprint density at radius 3 is 2.30 bits per heavy atom. The number of urea groups is 1. The van der Waals surface area contributed by atoms with Crippen LogP contribution < -0.4 is 10.2 Å². The summed E-state index contributed by atoms with van der Waals surface area (Å²) < 4.78 is 14.0. The molecule has 1 aromatic carbocycles. The summed E-state index contributed by atoms with van der Waals surface area (Å²) in [5.74, 6) is -0.277. The van der Waals surface area contributed by atoms with Gasteiger partial charge in [-0.3, -0.25) is 9.69 Å². The molecule has 0 atom stereocenters. The molecule has 1 N–H and O–H groups in total. The first-order valence-corrected chi connectivity index (χ1v) is 9.95. The van der Waals surface area contributed by atoms with Crippen molar-refractivity contribution in [1.82, 2.24) is 15.1 Å². The number of amides is 3. The Bertz CT molecular complexity index is 710. The Kier molecular flexibility index (Phi) is 5.04. The van der Waals surface area contributed by atoms with E-state index in [-0.39, 0.29) is 17.8 Å². The normalized spacial score (nSPS) is 23.6. The Morgan fingerprint density at radius 2 is 1.63 bits per heavy atom. The predicted octanol–water partition coefficient (Wildman–Crippen LogP) is 2.55. The number of carbonyl (C=O) groups excluding carboxylic acids is 2. The van der Waals surface area contributed by atoms with E-state index < -0.39 is 5.54 Å². The molecule has 2 saturated heterocycles. The van der Waals surface area contributed by atoms with Crippen LogP contribution in [0.25, 0.3) is 0 Å². The van der Waals surface area contributed by atoms with Gasteiger partial charge in [0, 0.05) is 26.2 Å². The van der Waals surface area contributed by atoms with Gasteiger partial charge in [-0.1, -0.05) is 37.8 Å². The highest BCUT2D eigenvalue weighted by Gasteiger charge is 2.51. The quantitative estimate of drug-likeness (QED) is 0.826. The van der Waals surface area contributed by atoms with Crippen LogP contribution in [0.4, 0.5) is 14.9 Å². The molecule has 27 heavy (non-hydrogen) atoms. The third-order valence-corrected chi connectivity index (χ3v) is 6.11. The van der Waals surface area contributed by atoms with Gasteiger partial charge in [-0.15, -0.1) is 0 Å². The molecule has 146 valence electrons. The van der Waals surface area contributed by atoms with Crippen molar-refractivity contribution in [2.75, 3.05) is 37.7 Å². The monoisotopic (exact) mass is 374 g/mol. The number of piperazine rings is 1. The van der Waals surface area contributed by atoms with E-state index in [2.05, 4.69) is 10.2 Å². The van der Waals surface area contributed by atoms with E-state index in [1.807, 2.05) is 11.0 Å². The van der Waals surface area contributed by atoms with Crippen LogP contribution in [0.2, 0.25) is 0 Å². The van der Waals surface area contributed by atoms with Crippen LogP contribution in [0.3, 0.4) is 0 Å². The highest BCUT2D eigenvalue weighted by atomic mass is 19.1. The fraction of sp³-hybridized carbons (Fsp3) is 0.600. The molecule has 0 aromatic heterocycles. The number of benzene rings is 1. The molecule has 6 nitrogen and oxygen atoms in total. The largest absolute Gasteiger partial charge is 0.367 e. The molecule has 0 radical (unpaired) electrons. The minimum absolute atomic E-state index is 0.0640. The van der Waals surface area contributed by atoms with Crippen LogP contribution in [-0.2, 0) is 4.79 Å². The van der Waals surface area contributed by atoms with Crippen LogP contribution in [0.1, 0.15) is 38.5 Å². The van der Waals surface area contributed by atoms with E-state index in [0.29, 0.717) is 38.5 Å². The minimum atomic E-state index is -0.678. The highest BCUT2D eigenvalue weighted by molar-refractivity contribution is 6.07. The molecule has 3 aliphatic rings. The first kappa shape index (κ1) is 18.2. The maximum Gasteiger partial charge on any atom is 0.326 e. The summed E-state index contributed by atoms with van der Waals surface area (Å²) in [5.41, 5.74) is -0.0627. The number of hydrogen-bond donors (Lipinski definition) is 1. The number of halogens is 1. The van der Waals surface area contributed by atoms with Crippen molar-refractivity contribution in [3.8, 4) is 0 Å². The van der Waals surface area contributed by atoms with Gasteiger partial charge in [0.25, 0.3) is 5.91 Å². The van der Waals surface area contributed by atoms with E-state index in [4.69, 9.17) is 0 Å². The molecule has 3 amide bonds. The number of imide groups is 1. The molecule has 3 fully saturated rings. The van der Waals surface area contributed by atoms with Gasteiger partial charge in [-0.2, -0.15) is 0 Å². The summed E-state index contributed by atoms with van der Waals surface area (Å²) >= 11 is 0. The molecular formula is C20H27FN4O2. The third kappa shape index (κ3) is 3.52. The zero-order valence-electron chi connectivity index (χ0n) is 15.6. The lowest BCUT2D eigenvalue weighted by molar-refractivity contribution is -0.133. The molecule has 1 aromatic rings. The van der Waals surface area contributed by atoms with Crippen LogP contribution in [0.5, 0.6) is 0 Å². The molecule has 2 aliphatic heterocycles. The van der Waals surface area contributed by atoms with Gasteiger partial charge in [0.05, 0.1) is 12.4 Å². The Morgan fingerprint density at radius 1 is 0.963 bits per heavy atom. The second kappa shape index (κ2) is 7.46. The zero-order chi connectivity index (χ0) is 18.9.